The molecule has 0 N–H and O–H groups in total. The molecule has 2 aromatic carbocycles. The van der Waals surface area contributed by atoms with E-state index >= 15 is 0 Å². The van der Waals surface area contributed by atoms with Gasteiger partial charge in [0.25, 0.3) is 0 Å². The first-order valence-electron chi connectivity index (χ1n) is 7.66. The summed E-state index contributed by atoms with van der Waals surface area (Å²) in [6.07, 6.45) is 0.0389. The summed E-state index contributed by atoms with van der Waals surface area (Å²) in [5.41, 5.74) is 2.18. The smallest absolute Gasteiger partial charge is 0.313 e. The Morgan fingerprint density at radius 1 is 1.12 bits per heavy atom. The Balaban J connectivity index is 1.89. The Morgan fingerprint density at radius 3 is 2.62 bits per heavy atom. The number of fused-ring (bicyclic) bond motifs is 1. The summed E-state index contributed by atoms with van der Waals surface area (Å²) in [5.74, 6) is -0.0223. The summed E-state index contributed by atoms with van der Waals surface area (Å²) in [6.45, 7) is 2.03. The average molecular weight is 326 g/mol. The Hall–Kier alpha value is -2.82. The van der Waals surface area contributed by atoms with Crippen LogP contribution < -0.4 is 9.47 Å². The molecule has 0 saturated heterocycles. The van der Waals surface area contributed by atoms with E-state index in [0.29, 0.717) is 22.6 Å². The Bertz CT molecular complexity index is 781. The van der Waals surface area contributed by atoms with Gasteiger partial charge in [0.2, 0.25) is 6.79 Å². The van der Waals surface area contributed by atoms with Crippen LogP contribution in [-0.2, 0) is 9.53 Å². The zero-order chi connectivity index (χ0) is 17.1. The SMILES string of the molecule is COC(=O)C(CC(=O)c1ccccc1C)c1ccc2c(c1)OCO2. The number of hydrogen-bond acceptors (Lipinski definition) is 5. The Labute approximate surface area is 140 Å². The number of esters is 1. The predicted octanol–water partition coefficient (Wildman–Crippen LogP) is 3.25. The highest BCUT2D eigenvalue weighted by Crippen LogP contribution is 2.36. The number of ether oxygens (including phenoxy) is 3. The quantitative estimate of drug-likeness (QED) is 0.623. The maximum atomic E-state index is 12.6. The van der Waals surface area contributed by atoms with Gasteiger partial charge in [-0.25, -0.2) is 0 Å². The van der Waals surface area contributed by atoms with E-state index in [-0.39, 0.29) is 19.0 Å². The van der Waals surface area contributed by atoms with E-state index in [0.717, 1.165) is 5.56 Å². The van der Waals surface area contributed by atoms with Crippen molar-refractivity contribution in [3.05, 3.63) is 59.2 Å². The number of carbonyl (C=O) groups is 2. The Morgan fingerprint density at radius 2 is 1.88 bits per heavy atom. The van der Waals surface area contributed by atoms with Gasteiger partial charge >= 0.3 is 5.97 Å². The van der Waals surface area contributed by atoms with Crippen molar-refractivity contribution in [2.45, 2.75) is 19.3 Å². The van der Waals surface area contributed by atoms with Crippen molar-refractivity contribution < 1.29 is 23.8 Å². The standard InChI is InChI=1S/C19H18O5/c1-12-5-3-4-6-14(12)16(20)10-15(19(21)22-2)13-7-8-17-18(9-13)24-11-23-17/h3-9,15H,10-11H2,1-2H3. The lowest BCUT2D eigenvalue weighted by Gasteiger charge is -2.15. The van der Waals surface area contributed by atoms with Crippen molar-refractivity contribution in [1.82, 2.24) is 0 Å². The van der Waals surface area contributed by atoms with Gasteiger partial charge in [-0.3, -0.25) is 9.59 Å². The highest BCUT2D eigenvalue weighted by atomic mass is 16.7. The molecule has 24 heavy (non-hydrogen) atoms. The van der Waals surface area contributed by atoms with Crippen LogP contribution in [-0.4, -0.2) is 25.7 Å². The molecule has 5 nitrogen and oxygen atoms in total. The van der Waals surface area contributed by atoms with Crippen LogP contribution in [0.1, 0.15) is 33.8 Å². The predicted molar refractivity (Wildman–Crippen MR) is 87.4 cm³/mol. The second-order valence-corrected chi connectivity index (χ2v) is 5.63. The first kappa shape index (κ1) is 16.1. The number of ketones is 1. The van der Waals surface area contributed by atoms with Gasteiger partial charge in [-0.05, 0) is 30.2 Å². The molecule has 0 radical (unpaired) electrons. The van der Waals surface area contributed by atoms with E-state index < -0.39 is 11.9 Å². The molecule has 0 fully saturated rings. The summed E-state index contributed by atoms with van der Waals surface area (Å²) in [4.78, 5) is 24.9. The number of carbonyl (C=O) groups excluding carboxylic acids is 2. The van der Waals surface area contributed by atoms with Crippen LogP contribution in [0.4, 0.5) is 0 Å². The van der Waals surface area contributed by atoms with Crippen LogP contribution in [0.2, 0.25) is 0 Å². The summed E-state index contributed by atoms with van der Waals surface area (Å²) in [5, 5.41) is 0. The van der Waals surface area contributed by atoms with Gasteiger partial charge in [0.1, 0.15) is 0 Å². The number of aryl methyl sites for hydroxylation is 1. The van der Waals surface area contributed by atoms with Crippen LogP contribution in [0, 0.1) is 6.92 Å². The summed E-state index contributed by atoms with van der Waals surface area (Å²) >= 11 is 0. The molecule has 1 unspecified atom stereocenters. The van der Waals surface area contributed by atoms with Crippen LogP contribution in [0.5, 0.6) is 11.5 Å². The molecular formula is C19H18O5. The normalized spacial score (nSPS) is 13.4. The zero-order valence-corrected chi connectivity index (χ0v) is 13.6. The minimum absolute atomic E-state index is 0.0389. The summed E-state index contributed by atoms with van der Waals surface area (Å²) in [6, 6.07) is 12.6. The van der Waals surface area contributed by atoms with Crippen molar-refractivity contribution in [2.24, 2.45) is 0 Å². The maximum Gasteiger partial charge on any atom is 0.313 e. The largest absolute Gasteiger partial charge is 0.469 e. The molecule has 0 spiro atoms. The summed E-state index contributed by atoms with van der Waals surface area (Å²) < 4.78 is 15.5. The van der Waals surface area contributed by atoms with Crippen molar-refractivity contribution in [1.29, 1.82) is 0 Å². The van der Waals surface area contributed by atoms with Crippen LogP contribution >= 0.6 is 0 Å². The second-order valence-electron chi connectivity index (χ2n) is 5.63. The fourth-order valence-corrected chi connectivity index (χ4v) is 2.79. The minimum atomic E-state index is -0.684. The molecule has 0 aliphatic carbocycles. The molecule has 1 heterocycles. The van der Waals surface area contributed by atoms with E-state index in [1.54, 1.807) is 24.3 Å². The third kappa shape index (κ3) is 3.11. The Kier molecular flexibility index (Phi) is 4.51. The van der Waals surface area contributed by atoms with Crippen LogP contribution in [0.15, 0.2) is 42.5 Å². The molecule has 0 amide bonds. The molecule has 2 aromatic rings. The van der Waals surface area contributed by atoms with E-state index in [2.05, 4.69) is 0 Å². The first-order valence-corrected chi connectivity index (χ1v) is 7.66. The number of methoxy groups -OCH3 is 1. The second kappa shape index (κ2) is 6.74. The highest BCUT2D eigenvalue weighted by molar-refractivity contribution is 6.00. The monoisotopic (exact) mass is 326 g/mol. The van der Waals surface area contributed by atoms with Crippen LogP contribution in [0.3, 0.4) is 0 Å². The van der Waals surface area contributed by atoms with Gasteiger partial charge in [0.15, 0.2) is 17.3 Å². The fourth-order valence-electron chi connectivity index (χ4n) is 2.79. The highest BCUT2D eigenvalue weighted by Gasteiger charge is 2.27. The van der Waals surface area contributed by atoms with Crippen molar-refractivity contribution in [3.8, 4) is 11.5 Å². The number of benzene rings is 2. The maximum absolute atomic E-state index is 12.6. The lowest BCUT2D eigenvalue weighted by Crippen LogP contribution is -2.18. The van der Waals surface area contributed by atoms with Crippen LogP contribution in [0.25, 0.3) is 0 Å². The third-order valence-electron chi connectivity index (χ3n) is 4.12. The minimum Gasteiger partial charge on any atom is -0.469 e. The fraction of sp³-hybridized carbons (Fsp3) is 0.263. The lowest BCUT2D eigenvalue weighted by atomic mass is 9.90. The molecule has 0 bridgehead atoms. The average Bonchev–Trinajstić information content (AvgIpc) is 3.06. The third-order valence-corrected chi connectivity index (χ3v) is 4.12. The van der Waals surface area contributed by atoms with E-state index in [1.165, 1.54) is 7.11 Å². The number of rotatable bonds is 5. The van der Waals surface area contributed by atoms with Gasteiger partial charge in [0, 0.05) is 12.0 Å². The molecule has 0 aromatic heterocycles. The van der Waals surface area contributed by atoms with Gasteiger partial charge in [-0.15, -0.1) is 0 Å². The molecule has 0 saturated carbocycles. The molecule has 3 rings (SSSR count). The van der Waals surface area contributed by atoms with Gasteiger partial charge in [0.05, 0.1) is 13.0 Å². The molecule has 1 aliphatic rings. The zero-order valence-electron chi connectivity index (χ0n) is 13.6. The lowest BCUT2D eigenvalue weighted by molar-refractivity contribution is -0.142. The van der Waals surface area contributed by atoms with E-state index in [1.807, 2.05) is 25.1 Å². The topological polar surface area (TPSA) is 61.8 Å². The van der Waals surface area contributed by atoms with Crippen molar-refractivity contribution in [3.63, 3.8) is 0 Å². The number of Topliss-reactive ketones (excluding diaryl/α,β-unsaturated/α-hetero) is 1. The van der Waals surface area contributed by atoms with Gasteiger partial charge in [-0.2, -0.15) is 0 Å². The molecule has 1 atom stereocenters. The summed E-state index contributed by atoms with van der Waals surface area (Å²) in [7, 11) is 1.32. The van der Waals surface area contributed by atoms with Crippen molar-refractivity contribution >= 4 is 11.8 Å². The molecule has 1 aliphatic heterocycles. The van der Waals surface area contributed by atoms with Gasteiger partial charge in [-0.1, -0.05) is 30.3 Å². The van der Waals surface area contributed by atoms with Gasteiger partial charge < -0.3 is 14.2 Å². The van der Waals surface area contributed by atoms with E-state index in [9.17, 15) is 9.59 Å². The first-order chi connectivity index (χ1) is 11.6. The molecular weight excluding hydrogens is 308 g/mol. The number of hydrogen-bond donors (Lipinski definition) is 0. The van der Waals surface area contributed by atoms with E-state index in [4.69, 9.17) is 14.2 Å². The van der Waals surface area contributed by atoms with Crippen molar-refractivity contribution in [2.75, 3.05) is 13.9 Å². The molecule has 5 heteroatoms. The molecule has 124 valence electrons.